The van der Waals surface area contributed by atoms with E-state index in [0.29, 0.717) is 11.3 Å². The molecule has 0 unspecified atom stereocenters. The molecule has 0 aliphatic carbocycles. The van der Waals surface area contributed by atoms with Gasteiger partial charge in [-0.25, -0.2) is 9.37 Å². The Hall–Kier alpha value is -3.36. The lowest BCUT2D eigenvalue weighted by molar-refractivity contribution is -0.113. The number of nitrogens with zero attached hydrogens (tertiary/aromatic N) is 2. The zero-order chi connectivity index (χ0) is 22.5. The van der Waals surface area contributed by atoms with Gasteiger partial charge in [0, 0.05) is 17.5 Å². The van der Waals surface area contributed by atoms with Crippen LogP contribution in [0.2, 0.25) is 0 Å². The molecule has 0 saturated heterocycles. The molecule has 4 rings (SSSR count). The molecule has 0 spiro atoms. The number of nitrogens with one attached hydrogen (secondary N) is 1. The van der Waals surface area contributed by atoms with Gasteiger partial charge in [0.15, 0.2) is 10.1 Å². The summed E-state index contributed by atoms with van der Waals surface area (Å²) in [6.07, 6.45) is 1.69. The Morgan fingerprint density at radius 3 is 2.56 bits per heavy atom. The first-order chi connectivity index (χ1) is 15.5. The third-order valence-electron chi connectivity index (χ3n) is 4.49. The summed E-state index contributed by atoms with van der Waals surface area (Å²) >= 11 is 2.87. The molecular formula is C24H18FN3O2S2. The van der Waals surface area contributed by atoms with Gasteiger partial charge in [-0.1, -0.05) is 23.9 Å². The maximum atomic E-state index is 13.0. The van der Waals surface area contributed by atoms with Crippen LogP contribution in [0.4, 0.5) is 15.8 Å². The number of thioether (sulfide) groups is 1. The summed E-state index contributed by atoms with van der Waals surface area (Å²) in [7, 11) is 0. The van der Waals surface area contributed by atoms with Gasteiger partial charge in [0.05, 0.1) is 21.7 Å². The maximum absolute atomic E-state index is 13.0. The van der Waals surface area contributed by atoms with Gasteiger partial charge in [0.25, 0.3) is 0 Å². The number of carbonyl (C=O) groups is 2. The Labute approximate surface area is 192 Å². The van der Waals surface area contributed by atoms with Gasteiger partial charge in [0.1, 0.15) is 5.82 Å². The van der Waals surface area contributed by atoms with Crippen LogP contribution in [0.15, 0.2) is 76.1 Å². The highest BCUT2D eigenvalue weighted by Gasteiger charge is 2.09. The number of fused-ring (bicyclic) bond motifs is 1. The van der Waals surface area contributed by atoms with Gasteiger partial charge in [-0.3, -0.25) is 14.6 Å². The molecule has 8 heteroatoms. The second-order valence-electron chi connectivity index (χ2n) is 6.91. The van der Waals surface area contributed by atoms with Crippen molar-refractivity contribution < 1.29 is 14.0 Å². The highest BCUT2D eigenvalue weighted by Crippen LogP contribution is 2.32. The van der Waals surface area contributed by atoms with Crippen molar-refractivity contribution in [3.8, 4) is 0 Å². The van der Waals surface area contributed by atoms with Gasteiger partial charge in [-0.05, 0) is 67.1 Å². The molecule has 1 heterocycles. The van der Waals surface area contributed by atoms with Crippen LogP contribution in [0, 0.1) is 5.82 Å². The fraction of sp³-hybridized carbons (Fsp3) is 0.0833. The fourth-order valence-corrected chi connectivity index (χ4v) is 4.75. The summed E-state index contributed by atoms with van der Waals surface area (Å²) in [6.45, 7) is 1.50. The molecule has 32 heavy (non-hydrogen) atoms. The van der Waals surface area contributed by atoms with Crippen LogP contribution in [0.5, 0.6) is 0 Å². The lowest BCUT2D eigenvalue weighted by Gasteiger charge is -2.04. The molecule has 0 atom stereocenters. The van der Waals surface area contributed by atoms with Crippen molar-refractivity contribution in [3.63, 3.8) is 0 Å². The smallest absolute Gasteiger partial charge is 0.234 e. The van der Waals surface area contributed by atoms with E-state index in [1.807, 2.05) is 18.2 Å². The number of halogens is 1. The predicted octanol–water partition coefficient (Wildman–Crippen LogP) is 6.12. The monoisotopic (exact) mass is 463 g/mol. The van der Waals surface area contributed by atoms with Crippen molar-refractivity contribution in [1.82, 2.24) is 4.98 Å². The number of aliphatic imine (C=N–C) groups is 1. The normalized spacial score (nSPS) is 11.2. The van der Waals surface area contributed by atoms with E-state index in [4.69, 9.17) is 0 Å². The van der Waals surface area contributed by atoms with Gasteiger partial charge in [-0.2, -0.15) is 0 Å². The van der Waals surface area contributed by atoms with E-state index < -0.39 is 0 Å². The molecule has 5 nitrogen and oxygen atoms in total. The first-order valence-electron chi connectivity index (χ1n) is 9.70. The predicted molar refractivity (Wildman–Crippen MR) is 129 cm³/mol. The number of hydrogen-bond donors (Lipinski definition) is 1. The van der Waals surface area contributed by atoms with Crippen molar-refractivity contribution in [2.75, 3.05) is 11.1 Å². The number of Topliss-reactive ketones (excluding diaryl/α,β-unsaturated/α-hetero) is 1. The molecule has 0 aliphatic rings. The molecule has 0 fully saturated rings. The fourth-order valence-electron chi connectivity index (χ4n) is 2.84. The first-order valence-corrected chi connectivity index (χ1v) is 11.5. The second-order valence-corrected chi connectivity index (χ2v) is 9.17. The number of amides is 1. The molecule has 3 aromatic carbocycles. The SMILES string of the molecule is CC(=O)c1ccc(NC(=O)CSc2nc3ccc(N=Cc4ccc(F)cc4)cc3s2)cc1. The number of rotatable bonds is 7. The summed E-state index contributed by atoms with van der Waals surface area (Å²) in [5, 5.41) is 2.82. The van der Waals surface area contributed by atoms with Crippen LogP contribution >= 0.6 is 23.1 Å². The van der Waals surface area contributed by atoms with Gasteiger partial charge in [0.2, 0.25) is 5.91 Å². The number of thiazole rings is 1. The van der Waals surface area contributed by atoms with Crippen molar-refractivity contribution >= 4 is 62.6 Å². The number of benzene rings is 3. The highest BCUT2D eigenvalue weighted by molar-refractivity contribution is 8.01. The van der Waals surface area contributed by atoms with Crippen LogP contribution in [-0.4, -0.2) is 28.6 Å². The van der Waals surface area contributed by atoms with Gasteiger partial charge < -0.3 is 5.32 Å². The average Bonchev–Trinajstić information content (AvgIpc) is 3.20. The van der Waals surface area contributed by atoms with Gasteiger partial charge in [-0.15, -0.1) is 11.3 Å². The second kappa shape index (κ2) is 9.84. The molecule has 1 aromatic heterocycles. The summed E-state index contributed by atoms with van der Waals surface area (Å²) in [5.74, 6) is -0.213. The summed E-state index contributed by atoms with van der Waals surface area (Å²) < 4.78 is 14.8. The Bertz CT molecular complexity index is 1300. The number of anilines is 1. The highest BCUT2D eigenvalue weighted by atomic mass is 32.2. The molecule has 1 N–H and O–H groups in total. The number of carbonyl (C=O) groups excluding carboxylic acids is 2. The van der Waals surface area contributed by atoms with E-state index in [1.54, 1.807) is 42.6 Å². The van der Waals surface area contributed by atoms with Crippen LogP contribution < -0.4 is 5.32 Å². The van der Waals surface area contributed by atoms with Crippen molar-refractivity contribution in [2.45, 2.75) is 11.3 Å². The Morgan fingerprint density at radius 1 is 1.09 bits per heavy atom. The van der Waals surface area contributed by atoms with E-state index in [-0.39, 0.29) is 23.3 Å². The Balaban J connectivity index is 1.36. The molecule has 0 aliphatic heterocycles. The molecular weight excluding hydrogens is 445 g/mol. The van der Waals surface area contributed by atoms with E-state index >= 15 is 0 Å². The first kappa shape index (κ1) is 21.9. The molecule has 160 valence electrons. The lowest BCUT2D eigenvalue weighted by Crippen LogP contribution is -2.13. The minimum atomic E-state index is -0.280. The summed E-state index contributed by atoms with van der Waals surface area (Å²) in [4.78, 5) is 32.6. The van der Waals surface area contributed by atoms with Crippen LogP contribution in [-0.2, 0) is 4.79 Å². The largest absolute Gasteiger partial charge is 0.325 e. The van der Waals surface area contributed by atoms with E-state index in [2.05, 4.69) is 15.3 Å². The minimum Gasteiger partial charge on any atom is -0.325 e. The number of aromatic nitrogens is 1. The maximum Gasteiger partial charge on any atom is 0.234 e. The zero-order valence-electron chi connectivity index (χ0n) is 17.0. The molecule has 1 amide bonds. The molecule has 0 saturated carbocycles. The topological polar surface area (TPSA) is 71.4 Å². The average molecular weight is 464 g/mol. The molecule has 4 aromatic rings. The third kappa shape index (κ3) is 5.66. The third-order valence-corrected chi connectivity index (χ3v) is 6.65. The lowest BCUT2D eigenvalue weighted by atomic mass is 10.1. The van der Waals surface area contributed by atoms with Crippen molar-refractivity contribution in [1.29, 1.82) is 0 Å². The zero-order valence-corrected chi connectivity index (χ0v) is 18.7. The summed E-state index contributed by atoms with van der Waals surface area (Å²) in [6, 6.07) is 18.6. The van der Waals surface area contributed by atoms with Gasteiger partial charge >= 0.3 is 0 Å². The quantitative estimate of drug-likeness (QED) is 0.204. The minimum absolute atomic E-state index is 0.0152. The van der Waals surface area contributed by atoms with E-state index in [1.165, 1.54) is 42.2 Å². The molecule has 0 bridgehead atoms. The molecule has 0 radical (unpaired) electrons. The van der Waals surface area contributed by atoms with E-state index in [9.17, 15) is 14.0 Å². The Kier molecular flexibility index (Phi) is 6.72. The number of ketones is 1. The van der Waals surface area contributed by atoms with Crippen molar-refractivity contribution in [3.05, 3.63) is 83.7 Å². The van der Waals surface area contributed by atoms with E-state index in [0.717, 1.165) is 25.8 Å². The number of hydrogen-bond acceptors (Lipinski definition) is 6. The van der Waals surface area contributed by atoms with Crippen LogP contribution in [0.25, 0.3) is 10.2 Å². The van der Waals surface area contributed by atoms with Crippen LogP contribution in [0.1, 0.15) is 22.8 Å². The summed E-state index contributed by atoms with van der Waals surface area (Å²) in [5.41, 5.74) is 3.68. The Morgan fingerprint density at radius 2 is 1.84 bits per heavy atom. The van der Waals surface area contributed by atoms with Crippen molar-refractivity contribution in [2.24, 2.45) is 4.99 Å². The standard InChI is InChI=1S/C24H18FN3O2S2/c1-15(29)17-4-8-19(9-5-17)27-23(30)14-31-24-28-21-11-10-20(12-22(21)32-24)26-13-16-2-6-18(25)7-3-16/h2-13H,14H2,1H3,(H,27,30). The van der Waals surface area contributed by atoms with Crippen LogP contribution in [0.3, 0.4) is 0 Å².